The minimum absolute atomic E-state index is 0.243. The van der Waals surface area contributed by atoms with Crippen LogP contribution in [0.2, 0.25) is 0 Å². The monoisotopic (exact) mass is 288 g/mol. The van der Waals surface area contributed by atoms with Gasteiger partial charge in [0.2, 0.25) is 0 Å². The van der Waals surface area contributed by atoms with Crippen molar-refractivity contribution in [3.8, 4) is 11.4 Å². The smallest absolute Gasteiger partial charge is 0.139 e. The van der Waals surface area contributed by atoms with Crippen molar-refractivity contribution in [3.63, 3.8) is 0 Å². The van der Waals surface area contributed by atoms with Gasteiger partial charge in [-0.05, 0) is 55.5 Å². The molecule has 1 aromatic carbocycles. The molecule has 2 nitrogen and oxygen atoms in total. The number of halogens is 1. The van der Waals surface area contributed by atoms with Gasteiger partial charge in [-0.25, -0.2) is 9.37 Å². The first kappa shape index (κ1) is 13.4. The Hall–Kier alpha value is -1.55. The molecule has 0 amide bonds. The maximum atomic E-state index is 13.5. The van der Waals surface area contributed by atoms with Crippen LogP contribution >= 0.6 is 12.2 Å². The Labute approximate surface area is 123 Å². The molecule has 0 atom stereocenters. The van der Waals surface area contributed by atoms with Crippen LogP contribution in [0, 0.1) is 17.4 Å². The van der Waals surface area contributed by atoms with Gasteiger partial charge in [-0.15, -0.1) is 0 Å². The maximum Gasteiger partial charge on any atom is 0.139 e. The largest absolute Gasteiger partial charge is 0.343 e. The van der Waals surface area contributed by atoms with Gasteiger partial charge >= 0.3 is 0 Å². The number of nitrogens with one attached hydrogen (secondary N) is 1. The predicted molar refractivity (Wildman–Crippen MR) is 80.8 cm³/mol. The molecule has 0 bridgehead atoms. The van der Waals surface area contributed by atoms with Crippen molar-refractivity contribution in [3.05, 3.63) is 46.0 Å². The lowest BCUT2D eigenvalue weighted by Crippen LogP contribution is -2.00. The second-order valence-electron chi connectivity index (χ2n) is 5.52. The number of aromatic amines is 1. The van der Waals surface area contributed by atoms with Crippen molar-refractivity contribution < 1.29 is 4.39 Å². The molecule has 2 aromatic rings. The van der Waals surface area contributed by atoms with E-state index in [2.05, 4.69) is 9.97 Å². The Bertz CT molecular complexity index is 667. The summed E-state index contributed by atoms with van der Waals surface area (Å²) in [7, 11) is 0. The fourth-order valence-electron chi connectivity index (χ4n) is 2.94. The highest BCUT2D eigenvalue weighted by Crippen LogP contribution is 2.33. The summed E-state index contributed by atoms with van der Waals surface area (Å²) in [4.78, 5) is 7.70. The number of aromatic nitrogens is 2. The van der Waals surface area contributed by atoms with Crippen LogP contribution in [0.3, 0.4) is 0 Å². The van der Waals surface area contributed by atoms with Crippen LogP contribution in [-0.2, 0) is 0 Å². The van der Waals surface area contributed by atoms with E-state index < -0.39 is 0 Å². The van der Waals surface area contributed by atoms with Crippen LogP contribution in [0.5, 0.6) is 0 Å². The first-order valence-electron chi connectivity index (χ1n) is 7.00. The zero-order valence-electron chi connectivity index (χ0n) is 11.4. The van der Waals surface area contributed by atoms with Gasteiger partial charge in [0.15, 0.2) is 0 Å². The molecule has 1 fully saturated rings. The highest BCUT2D eigenvalue weighted by Gasteiger charge is 2.18. The summed E-state index contributed by atoms with van der Waals surface area (Å²) in [5.74, 6) is 0.961. The number of rotatable bonds is 2. The average Bonchev–Trinajstić information content (AvgIpc) is 2.90. The minimum Gasteiger partial charge on any atom is -0.343 e. The zero-order chi connectivity index (χ0) is 14.1. The van der Waals surface area contributed by atoms with Gasteiger partial charge in [0.25, 0.3) is 0 Å². The molecule has 1 N–H and O–H groups in total. The molecule has 3 rings (SSSR count). The van der Waals surface area contributed by atoms with Crippen LogP contribution in [0.4, 0.5) is 4.39 Å². The molecule has 20 heavy (non-hydrogen) atoms. The van der Waals surface area contributed by atoms with Crippen molar-refractivity contribution in [1.29, 1.82) is 0 Å². The normalized spacial score (nSPS) is 15.7. The third-order valence-corrected chi connectivity index (χ3v) is 4.08. The van der Waals surface area contributed by atoms with Crippen LogP contribution in [0.15, 0.2) is 24.3 Å². The Morgan fingerprint density at radius 3 is 2.65 bits per heavy atom. The standard InChI is InChI=1S/C16H17FN2S/c1-10-6-12(8-13(17)7-10)16-18-14(9-15(20)19-16)11-4-2-3-5-11/h6-9,11H,2-5H2,1H3,(H,18,19,20). The second kappa shape index (κ2) is 5.44. The van der Waals surface area contributed by atoms with E-state index in [1.54, 1.807) is 0 Å². The average molecular weight is 288 g/mol. The van der Waals surface area contributed by atoms with E-state index in [1.807, 2.05) is 19.1 Å². The van der Waals surface area contributed by atoms with Crippen molar-refractivity contribution in [2.24, 2.45) is 0 Å². The lowest BCUT2D eigenvalue weighted by atomic mass is 10.0. The van der Waals surface area contributed by atoms with E-state index in [4.69, 9.17) is 12.2 Å². The molecular weight excluding hydrogens is 271 g/mol. The quantitative estimate of drug-likeness (QED) is 0.795. The van der Waals surface area contributed by atoms with E-state index >= 15 is 0 Å². The van der Waals surface area contributed by atoms with E-state index in [0.29, 0.717) is 16.4 Å². The van der Waals surface area contributed by atoms with Gasteiger partial charge in [-0.2, -0.15) is 0 Å². The molecule has 1 aliphatic carbocycles. The summed E-state index contributed by atoms with van der Waals surface area (Å²) in [5, 5.41) is 0. The number of H-pyrrole nitrogens is 1. The van der Waals surface area contributed by atoms with Gasteiger partial charge in [-0.1, -0.05) is 25.1 Å². The first-order chi connectivity index (χ1) is 9.61. The summed E-state index contributed by atoms with van der Waals surface area (Å²) in [6, 6.07) is 6.88. The van der Waals surface area contributed by atoms with Gasteiger partial charge in [-0.3, -0.25) is 0 Å². The Morgan fingerprint density at radius 2 is 1.95 bits per heavy atom. The molecular formula is C16H17FN2S. The maximum absolute atomic E-state index is 13.5. The number of hydrogen-bond donors (Lipinski definition) is 1. The number of nitrogens with zero attached hydrogens (tertiary/aromatic N) is 1. The minimum atomic E-state index is -0.243. The lowest BCUT2D eigenvalue weighted by molar-refractivity contribution is 0.627. The Balaban J connectivity index is 2.06. The van der Waals surface area contributed by atoms with Crippen molar-refractivity contribution in [2.45, 2.75) is 38.5 Å². The van der Waals surface area contributed by atoms with Crippen LogP contribution in [0.1, 0.15) is 42.9 Å². The highest BCUT2D eigenvalue weighted by molar-refractivity contribution is 7.71. The molecule has 104 valence electrons. The third kappa shape index (κ3) is 2.80. The van der Waals surface area contributed by atoms with Gasteiger partial charge in [0, 0.05) is 11.3 Å². The van der Waals surface area contributed by atoms with E-state index in [-0.39, 0.29) is 5.82 Å². The Morgan fingerprint density at radius 1 is 1.20 bits per heavy atom. The van der Waals surface area contributed by atoms with E-state index in [0.717, 1.165) is 16.8 Å². The first-order valence-corrected chi connectivity index (χ1v) is 7.41. The van der Waals surface area contributed by atoms with Crippen LogP contribution in [-0.4, -0.2) is 9.97 Å². The molecule has 0 saturated heterocycles. The second-order valence-corrected chi connectivity index (χ2v) is 5.94. The van der Waals surface area contributed by atoms with Crippen molar-refractivity contribution in [1.82, 2.24) is 9.97 Å². The summed E-state index contributed by atoms with van der Waals surface area (Å²) in [5.41, 5.74) is 2.78. The fraction of sp³-hybridized carbons (Fsp3) is 0.375. The molecule has 0 unspecified atom stereocenters. The molecule has 0 spiro atoms. The lowest BCUT2D eigenvalue weighted by Gasteiger charge is -2.12. The molecule has 1 heterocycles. The molecule has 1 aliphatic rings. The molecule has 1 aromatic heterocycles. The molecule has 0 aliphatic heterocycles. The summed E-state index contributed by atoms with van der Waals surface area (Å²) in [6.45, 7) is 1.88. The number of benzene rings is 1. The Kier molecular flexibility index (Phi) is 3.66. The summed E-state index contributed by atoms with van der Waals surface area (Å²) in [6.07, 6.45) is 4.91. The molecule has 4 heteroatoms. The summed E-state index contributed by atoms with van der Waals surface area (Å²) >= 11 is 5.26. The van der Waals surface area contributed by atoms with Gasteiger partial charge in [0.1, 0.15) is 16.3 Å². The van der Waals surface area contributed by atoms with E-state index in [9.17, 15) is 4.39 Å². The summed E-state index contributed by atoms with van der Waals surface area (Å²) < 4.78 is 14.1. The van der Waals surface area contributed by atoms with Crippen molar-refractivity contribution >= 4 is 12.2 Å². The number of hydrogen-bond acceptors (Lipinski definition) is 2. The SMILES string of the molecule is Cc1cc(F)cc(-c2nc(=S)cc(C3CCCC3)[nH]2)c1. The van der Waals surface area contributed by atoms with E-state index in [1.165, 1.54) is 37.8 Å². The van der Waals surface area contributed by atoms with Crippen LogP contribution < -0.4 is 0 Å². The molecule has 0 radical (unpaired) electrons. The fourth-order valence-corrected chi connectivity index (χ4v) is 3.16. The van der Waals surface area contributed by atoms with Crippen molar-refractivity contribution in [2.75, 3.05) is 0 Å². The van der Waals surface area contributed by atoms with Crippen LogP contribution in [0.25, 0.3) is 11.4 Å². The number of aryl methyl sites for hydroxylation is 1. The van der Waals surface area contributed by atoms with Gasteiger partial charge < -0.3 is 4.98 Å². The third-order valence-electron chi connectivity index (χ3n) is 3.87. The molecule has 1 saturated carbocycles. The predicted octanol–water partition coefficient (Wildman–Crippen LogP) is 4.91. The van der Waals surface area contributed by atoms with Gasteiger partial charge in [0.05, 0.1) is 0 Å². The topological polar surface area (TPSA) is 28.7 Å². The highest BCUT2D eigenvalue weighted by atomic mass is 32.1. The zero-order valence-corrected chi connectivity index (χ0v) is 12.3.